The summed E-state index contributed by atoms with van der Waals surface area (Å²) in [5.41, 5.74) is 1.88. The summed E-state index contributed by atoms with van der Waals surface area (Å²) in [6.07, 6.45) is -2.89. The molecular weight excluding hydrogens is 578 g/mol. The molecular formula is C31H37NO12. The molecule has 2 saturated heterocycles. The van der Waals surface area contributed by atoms with Gasteiger partial charge in [-0.05, 0) is 38.1 Å². The lowest BCUT2D eigenvalue weighted by Gasteiger charge is -2.57. The molecule has 0 radical (unpaired) electrons. The lowest BCUT2D eigenvalue weighted by molar-refractivity contribution is -0.313. The predicted octanol–water partition coefficient (Wildman–Crippen LogP) is 1.22. The minimum atomic E-state index is -1.56. The van der Waals surface area contributed by atoms with Crippen molar-refractivity contribution >= 4 is 23.9 Å². The fourth-order valence-corrected chi connectivity index (χ4v) is 7.83. The molecule has 1 aromatic carbocycles. The summed E-state index contributed by atoms with van der Waals surface area (Å²) in [4.78, 5) is 51.9. The Hall–Kier alpha value is -3.68. The summed E-state index contributed by atoms with van der Waals surface area (Å²) in [7, 11) is 4.88. The van der Waals surface area contributed by atoms with Crippen LogP contribution in [0.2, 0.25) is 0 Å². The number of nitrogens with zero attached hydrogens (tertiary/aromatic N) is 1. The number of benzene rings is 1. The van der Waals surface area contributed by atoms with Gasteiger partial charge >= 0.3 is 23.9 Å². The molecule has 2 bridgehead atoms. The standard InChI is InChI=1S/C31H37NO12/c1-14(33)39-24-25(40-15(2)34)27(41-16(3)35)30(44-26(24)29(36)38-6)42-21-10-8-18-19-13-17-7-9-20(37-5)23-22(17)31(18,28(21)43-23)11-12-32(19)4/h7-10,18-19,21,24-28,30H,11-13H2,1-6H3/t18?,19-,21+,24+,25+,26+,27-,28+,30-,31+/m1/s1. The molecule has 2 aliphatic carbocycles. The number of piperidine rings is 1. The molecule has 238 valence electrons. The highest BCUT2D eigenvalue weighted by Crippen LogP contribution is 2.62. The molecule has 1 unspecified atom stereocenters. The number of ether oxygens (including phenoxy) is 8. The number of hydrogen-bond acceptors (Lipinski definition) is 13. The van der Waals surface area contributed by atoms with Crippen LogP contribution in [-0.2, 0) is 59.4 Å². The second-order valence-electron chi connectivity index (χ2n) is 11.9. The smallest absolute Gasteiger partial charge is 0.339 e. The quantitative estimate of drug-likeness (QED) is 0.246. The Labute approximate surface area is 254 Å². The number of carbonyl (C=O) groups excluding carboxylic acids is 4. The SMILES string of the molecule is COC(=O)[C@H]1O[C@@H](O[C@H]2C=CC3[C@H]4Cc5ccc(OC)c6c5[C@@]3(CCN4C)[C@H]2O6)[C@H](OC(C)=O)[C@@H](OC(C)=O)[C@@H]1OC(C)=O. The normalized spacial score (nSPS) is 36.4. The first-order chi connectivity index (χ1) is 21.0. The van der Waals surface area contributed by atoms with E-state index in [0.29, 0.717) is 11.5 Å². The van der Waals surface area contributed by atoms with Crippen LogP contribution in [0.5, 0.6) is 11.5 Å². The number of hydrogen-bond donors (Lipinski definition) is 0. The van der Waals surface area contributed by atoms with Gasteiger partial charge in [-0.15, -0.1) is 0 Å². The van der Waals surface area contributed by atoms with Gasteiger partial charge in [0.05, 0.1) is 14.2 Å². The van der Waals surface area contributed by atoms with Gasteiger partial charge in [0.15, 0.2) is 35.9 Å². The summed E-state index contributed by atoms with van der Waals surface area (Å²) in [6, 6.07) is 4.27. The Balaban J connectivity index is 1.41. The number of methoxy groups -OCH3 is 2. The second-order valence-corrected chi connectivity index (χ2v) is 11.9. The first kappa shape index (κ1) is 30.4. The molecule has 1 aromatic rings. The molecule has 1 spiro atoms. The van der Waals surface area contributed by atoms with Gasteiger partial charge in [0.2, 0.25) is 6.29 Å². The van der Waals surface area contributed by atoms with Crippen LogP contribution in [0.15, 0.2) is 24.3 Å². The Bertz CT molecular complexity index is 1390. The molecule has 3 heterocycles. The monoisotopic (exact) mass is 615 g/mol. The molecule has 0 saturated carbocycles. The summed E-state index contributed by atoms with van der Waals surface area (Å²) in [6.45, 7) is 4.29. The maximum Gasteiger partial charge on any atom is 0.339 e. The third-order valence-corrected chi connectivity index (χ3v) is 9.46. The van der Waals surface area contributed by atoms with Crippen molar-refractivity contribution in [2.45, 2.75) is 88.0 Å². The van der Waals surface area contributed by atoms with Gasteiger partial charge in [-0.1, -0.05) is 18.2 Å². The van der Waals surface area contributed by atoms with Crippen LogP contribution in [0.25, 0.3) is 0 Å². The zero-order valence-electron chi connectivity index (χ0n) is 25.5. The van der Waals surface area contributed by atoms with Crippen molar-refractivity contribution in [2.75, 3.05) is 27.8 Å². The fourth-order valence-electron chi connectivity index (χ4n) is 7.83. The second kappa shape index (κ2) is 11.4. The van der Waals surface area contributed by atoms with Crippen molar-refractivity contribution < 1.29 is 57.1 Å². The van der Waals surface area contributed by atoms with Gasteiger partial charge in [-0.3, -0.25) is 14.4 Å². The number of likely N-dealkylation sites (N-methyl/N-ethyl adjacent to an activating group) is 1. The van der Waals surface area contributed by atoms with Crippen LogP contribution >= 0.6 is 0 Å². The predicted molar refractivity (Wildman–Crippen MR) is 149 cm³/mol. The molecule has 5 aliphatic rings. The van der Waals surface area contributed by atoms with Crippen molar-refractivity contribution in [2.24, 2.45) is 5.92 Å². The van der Waals surface area contributed by atoms with E-state index in [9.17, 15) is 19.2 Å². The maximum absolute atomic E-state index is 12.9. The molecule has 2 fully saturated rings. The van der Waals surface area contributed by atoms with Crippen molar-refractivity contribution in [1.82, 2.24) is 4.90 Å². The topological polar surface area (TPSA) is 145 Å². The third-order valence-electron chi connectivity index (χ3n) is 9.46. The lowest BCUT2D eigenvalue weighted by atomic mass is 9.53. The first-order valence-electron chi connectivity index (χ1n) is 14.7. The minimum Gasteiger partial charge on any atom is -0.493 e. The van der Waals surface area contributed by atoms with Crippen LogP contribution in [-0.4, -0.2) is 106 Å². The molecule has 13 nitrogen and oxygen atoms in total. The van der Waals surface area contributed by atoms with Crippen molar-refractivity contribution in [1.29, 1.82) is 0 Å². The van der Waals surface area contributed by atoms with Gasteiger partial charge in [0.1, 0.15) is 12.2 Å². The summed E-state index contributed by atoms with van der Waals surface area (Å²) in [5, 5.41) is 0. The van der Waals surface area contributed by atoms with Gasteiger partial charge in [-0.25, -0.2) is 4.79 Å². The van der Waals surface area contributed by atoms with E-state index in [1.54, 1.807) is 7.11 Å². The van der Waals surface area contributed by atoms with E-state index in [-0.39, 0.29) is 12.0 Å². The van der Waals surface area contributed by atoms with E-state index in [4.69, 9.17) is 37.9 Å². The zero-order valence-corrected chi connectivity index (χ0v) is 25.5. The van der Waals surface area contributed by atoms with Crippen molar-refractivity contribution in [3.05, 3.63) is 35.4 Å². The van der Waals surface area contributed by atoms with Gasteiger partial charge in [0.25, 0.3) is 0 Å². The maximum atomic E-state index is 12.9. The molecule has 44 heavy (non-hydrogen) atoms. The third kappa shape index (κ3) is 4.72. The average molecular weight is 616 g/mol. The molecule has 10 atom stereocenters. The summed E-state index contributed by atoms with van der Waals surface area (Å²) >= 11 is 0. The van der Waals surface area contributed by atoms with E-state index < -0.39 is 72.2 Å². The Morgan fingerprint density at radius 3 is 2.27 bits per heavy atom. The molecule has 0 aromatic heterocycles. The fraction of sp³-hybridized carbons (Fsp3) is 0.613. The molecule has 3 aliphatic heterocycles. The number of carbonyl (C=O) groups is 4. The van der Waals surface area contributed by atoms with Gasteiger partial charge < -0.3 is 42.8 Å². The summed E-state index contributed by atoms with van der Waals surface area (Å²) < 4.78 is 46.5. The van der Waals surface area contributed by atoms with E-state index in [0.717, 1.165) is 45.9 Å². The highest BCUT2D eigenvalue weighted by molar-refractivity contribution is 5.77. The zero-order chi connectivity index (χ0) is 31.5. The molecule has 0 amide bonds. The average Bonchev–Trinajstić information content (AvgIpc) is 3.32. The highest BCUT2D eigenvalue weighted by Gasteiger charge is 2.65. The van der Waals surface area contributed by atoms with E-state index in [1.807, 2.05) is 12.1 Å². The van der Waals surface area contributed by atoms with E-state index in [2.05, 4.69) is 24.1 Å². The molecule has 6 rings (SSSR count). The number of esters is 4. The van der Waals surface area contributed by atoms with Crippen molar-refractivity contribution in [3.63, 3.8) is 0 Å². The summed E-state index contributed by atoms with van der Waals surface area (Å²) in [5.74, 6) is -1.73. The number of likely N-dealkylation sites (tertiary alicyclic amines) is 1. The lowest BCUT2D eigenvalue weighted by Crippen LogP contribution is -2.67. The van der Waals surface area contributed by atoms with Crippen molar-refractivity contribution in [3.8, 4) is 11.5 Å². The van der Waals surface area contributed by atoms with Crippen LogP contribution < -0.4 is 9.47 Å². The number of rotatable bonds is 7. The minimum absolute atomic E-state index is 0.133. The Morgan fingerprint density at radius 1 is 0.932 bits per heavy atom. The van der Waals surface area contributed by atoms with Gasteiger partial charge in [-0.2, -0.15) is 0 Å². The van der Waals surface area contributed by atoms with Crippen LogP contribution in [0.3, 0.4) is 0 Å². The van der Waals surface area contributed by atoms with E-state index >= 15 is 0 Å². The van der Waals surface area contributed by atoms with Crippen LogP contribution in [0.4, 0.5) is 0 Å². The Morgan fingerprint density at radius 2 is 1.61 bits per heavy atom. The van der Waals surface area contributed by atoms with Crippen LogP contribution in [0.1, 0.15) is 38.3 Å². The van der Waals surface area contributed by atoms with E-state index in [1.165, 1.54) is 12.5 Å². The highest BCUT2D eigenvalue weighted by atomic mass is 16.7. The van der Waals surface area contributed by atoms with Gasteiger partial charge in [0, 0.05) is 43.7 Å². The van der Waals surface area contributed by atoms with Crippen LogP contribution in [0, 0.1) is 5.92 Å². The Kier molecular flexibility index (Phi) is 7.83. The first-order valence-corrected chi connectivity index (χ1v) is 14.7. The largest absolute Gasteiger partial charge is 0.493 e. The molecule has 0 N–H and O–H groups in total. The molecule has 13 heteroatoms.